The van der Waals surface area contributed by atoms with E-state index in [4.69, 9.17) is 13.8 Å². The van der Waals surface area contributed by atoms with E-state index in [-0.39, 0.29) is 37.9 Å². The van der Waals surface area contributed by atoms with Crippen LogP contribution in [0.2, 0.25) is 0 Å². The van der Waals surface area contributed by atoms with Crippen LogP contribution in [0.25, 0.3) is 0 Å². The van der Waals surface area contributed by atoms with Gasteiger partial charge in [-0.15, -0.1) is 0 Å². The average Bonchev–Trinajstić information content (AvgIpc) is 3.39. The Hall–Kier alpha value is -3.07. The van der Waals surface area contributed by atoms with Crippen molar-refractivity contribution in [3.05, 3.63) is 97.2 Å². The van der Waals surface area contributed by atoms with Crippen LogP contribution >= 0.6 is 7.82 Å². The van der Waals surface area contributed by atoms with Crippen LogP contribution in [0.5, 0.6) is 0 Å². The topological polar surface area (TPSA) is 111 Å². The molecule has 0 aliphatic carbocycles. The number of nitrogens with one attached hydrogen (secondary N) is 1. The molecule has 0 aliphatic rings. The SMILES string of the molecule is CC/C=C\C/C=C\C/C=C\C/C=C\C/C=C\CCCCCC(=O)NC(COP(=O)(O)OCC[N+](C)(C)C)C(/C=C/CCCCCCCCCCC)OC(=O)CCCCCCCCCCCCC/C=C\C/C=C\CCCCC. The molecule has 10 heteroatoms. The first kappa shape index (κ1) is 73.9. The number of phosphoric ester groups is 1. The lowest BCUT2D eigenvalue weighted by atomic mass is 10.0. The Morgan fingerprint density at radius 3 is 1.29 bits per heavy atom. The molecule has 444 valence electrons. The van der Waals surface area contributed by atoms with E-state index in [1.54, 1.807) is 0 Å². The first-order valence-electron chi connectivity index (χ1n) is 31.6. The van der Waals surface area contributed by atoms with Crippen molar-refractivity contribution in [2.24, 2.45) is 0 Å². The van der Waals surface area contributed by atoms with Crippen LogP contribution in [0, 0.1) is 0 Å². The van der Waals surface area contributed by atoms with Crippen molar-refractivity contribution in [1.82, 2.24) is 5.32 Å². The third-order valence-electron chi connectivity index (χ3n) is 13.5. The van der Waals surface area contributed by atoms with Gasteiger partial charge in [-0.05, 0) is 109 Å². The van der Waals surface area contributed by atoms with Gasteiger partial charge < -0.3 is 19.4 Å². The predicted molar refractivity (Wildman–Crippen MR) is 332 cm³/mol. The summed E-state index contributed by atoms with van der Waals surface area (Å²) in [7, 11) is 1.46. The number of unbranched alkanes of at least 4 members (excludes halogenated alkanes) is 26. The fourth-order valence-corrected chi connectivity index (χ4v) is 9.38. The second-order valence-electron chi connectivity index (χ2n) is 22.2. The molecule has 0 bridgehead atoms. The van der Waals surface area contributed by atoms with E-state index in [9.17, 15) is 19.0 Å². The van der Waals surface area contributed by atoms with E-state index in [0.29, 0.717) is 17.4 Å². The summed E-state index contributed by atoms with van der Waals surface area (Å²) in [5, 5.41) is 3.04. The van der Waals surface area contributed by atoms with Gasteiger partial charge in [-0.2, -0.15) is 0 Å². The molecule has 0 saturated carbocycles. The van der Waals surface area contributed by atoms with Crippen molar-refractivity contribution in [3.63, 3.8) is 0 Å². The minimum atomic E-state index is -4.46. The summed E-state index contributed by atoms with van der Waals surface area (Å²) in [5.74, 6) is -0.547. The summed E-state index contributed by atoms with van der Waals surface area (Å²) in [6.07, 6.45) is 75.5. The Balaban J connectivity index is 5.25. The van der Waals surface area contributed by atoms with E-state index >= 15 is 0 Å². The second kappa shape index (κ2) is 56.2. The zero-order valence-electron chi connectivity index (χ0n) is 50.7. The third-order valence-corrected chi connectivity index (χ3v) is 14.5. The molecule has 3 unspecified atom stereocenters. The van der Waals surface area contributed by atoms with E-state index in [0.717, 1.165) is 96.3 Å². The van der Waals surface area contributed by atoms with E-state index in [2.05, 4.69) is 111 Å². The van der Waals surface area contributed by atoms with Gasteiger partial charge in [0.15, 0.2) is 0 Å². The lowest BCUT2D eigenvalue weighted by Gasteiger charge is -2.27. The normalized spacial score (nSPS) is 14.3. The molecule has 0 aromatic rings. The maximum absolute atomic E-state index is 13.5. The summed E-state index contributed by atoms with van der Waals surface area (Å²) in [4.78, 5) is 37.7. The van der Waals surface area contributed by atoms with E-state index in [1.807, 2.05) is 33.3 Å². The van der Waals surface area contributed by atoms with Crippen molar-refractivity contribution in [3.8, 4) is 0 Å². The number of quaternary nitrogens is 1. The van der Waals surface area contributed by atoms with Crippen molar-refractivity contribution in [2.45, 2.75) is 277 Å². The van der Waals surface area contributed by atoms with Crippen LogP contribution in [-0.4, -0.2) is 74.3 Å². The van der Waals surface area contributed by atoms with Crippen LogP contribution in [-0.2, 0) is 27.9 Å². The maximum atomic E-state index is 13.5. The van der Waals surface area contributed by atoms with Gasteiger partial charge in [0.1, 0.15) is 19.3 Å². The van der Waals surface area contributed by atoms with Crippen molar-refractivity contribution in [2.75, 3.05) is 40.9 Å². The largest absolute Gasteiger partial charge is 0.472 e. The lowest BCUT2D eigenvalue weighted by molar-refractivity contribution is -0.870. The highest BCUT2D eigenvalue weighted by Crippen LogP contribution is 2.43. The molecule has 1 amide bonds. The van der Waals surface area contributed by atoms with Crippen molar-refractivity contribution < 1.29 is 37.3 Å². The number of phosphoric acid groups is 1. The molecule has 0 spiro atoms. The number of amides is 1. The fourth-order valence-electron chi connectivity index (χ4n) is 8.64. The Bertz CT molecular complexity index is 1640. The van der Waals surface area contributed by atoms with Gasteiger partial charge in [0.2, 0.25) is 5.91 Å². The number of carbonyl (C=O) groups excluding carboxylic acids is 2. The molecule has 0 radical (unpaired) electrons. The highest BCUT2D eigenvalue weighted by molar-refractivity contribution is 7.47. The Morgan fingerprint density at radius 2 is 0.831 bits per heavy atom. The first-order chi connectivity index (χ1) is 37.4. The monoisotopic (exact) mass is 1100 g/mol. The molecule has 2 N–H and O–H groups in total. The van der Waals surface area contributed by atoms with Gasteiger partial charge in [-0.1, -0.05) is 240 Å². The molecule has 9 nitrogen and oxygen atoms in total. The third kappa shape index (κ3) is 57.4. The molecule has 0 aromatic heterocycles. The molecular weight excluding hydrogens is 976 g/mol. The predicted octanol–water partition coefficient (Wildman–Crippen LogP) is 19.6. The minimum Gasteiger partial charge on any atom is -0.456 e. The standard InChI is InChI=1S/C67H119N2O7P/c1-7-10-13-16-19-22-25-27-29-31-33-34-36-38-40-42-45-48-51-54-57-60-67(71)76-65(58-55-52-49-46-43-24-21-18-15-12-9-3)64(63-75-77(72,73)74-62-61-69(4,5)6)68-66(70)59-56-53-50-47-44-41-39-37-35-32-30-28-26-23-20-17-14-11-8-2/h11,14,19-20,22-23,27-30,35,37,41,44,55,58,64-65H,7-10,12-13,15-18,21,24-26,31-34,36,38-40,42-43,45-54,56-57,59-63H2,1-6H3,(H-,68,70,72,73)/p+1/b14-11-,22-19-,23-20-,29-27-,30-28-,37-35-,44-41-,58-55+. The van der Waals surface area contributed by atoms with Gasteiger partial charge in [0.05, 0.1) is 33.8 Å². The molecule has 0 heterocycles. The molecule has 0 aromatic carbocycles. The quantitative estimate of drug-likeness (QED) is 0.0205. The highest BCUT2D eigenvalue weighted by Gasteiger charge is 2.30. The molecular formula is C67H120N2O7P+. The number of esters is 1. The summed E-state index contributed by atoms with van der Waals surface area (Å²) in [6, 6.07) is -0.871. The number of hydrogen-bond acceptors (Lipinski definition) is 6. The van der Waals surface area contributed by atoms with Crippen LogP contribution < -0.4 is 5.32 Å². The lowest BCUT2D eigenvalue weighted by Crippen LogP contribution is -2.47. The molecule has 3 atom stereocenters. The van der Waals surface area contributed by atoms with E-state index in [1.165, 1.54) is 128 Å². The molecule has 0 saturated heterocycles. The van der Waals surface area contributed by atoms with E-state index < -0.39 is 20.0 Å². The van der Waals surface area contributed by atoms with Gasteiger partial charge in [-0.25, -0.2) is 4.57 Å². The van der Waals surface area contributed by atoms with Gasteiger partial charge in [-0.3, -0.25) is 18.6 Å². The van der Waals surface area contributed by atoms with Crippen molar-refractivity contribution in [1.29, 1.82) is 0 Å². The van der Waals surface area contributed by atoms with Crippen LogP contribution in [0.1, 0.15) is 265 Å². The Morgan fingerprint density at radius 1 is 0.468 bits per heavy atom. The van der Waals surface area contributed by atoms with Crippen LogP contribution in [0.3, 0.4) is 0 Å². The average molecular weight is 1100 g/mol. The Kier molecular flexibility index (Phi) is 54.0. The highest BCUT2D eigenvalue weighted by atomic mass is 31.2. The van der Waals surface area contributed by atoms with Crippen LogP contribution in [0.15, 0.2) is 97.2 Å². The molecule has 0 rings (SSSR count). The zero-order chi connectivity index (χ0) is 56.4. The smallest absolute Gasteiger partial charge is 0.456 e. The number of likely N-dealkylation sites (N-methyl/N-ethyl adjacent to an activating group) is 1. The Labute approximate surface area is 475 Å². The van der Waals surface area contributed by atoms with Gasteiger partial charge >= 0.3 is 13.8 Å². The first-order valence-corrected chi connectivity index (χ1v) is 33.1. The zero-order valence-corrected chi connectivity index (χ0v) is 51.6. The summed E-state index contributed by atoms with van der Waals surface area (Å²) in [5.41, 5.74) is 0. The molecule has 0 aliphatic heterocycles. The number of rotatable bonds is 56. The summed E-state index contributed by atoms with van der Waals surface area (Å²) >= 11 is 0. The van der Waals surface area contributed by atoms with Crippen molar-refractivity contribution >= 4 is 19.7 Å². The number of allylic oxidation sites excluding steroid dienone is 15. The number of nitrogens with zero attached hydrogens (tertiary/aromatic N) is 1. The van der Waals surface area contributed by atoms with Crippen LogP contribution in [0.4, 0.5) is 0 Å². The van der Waals surface area contributed by atoms with Gasteiger partial charge in [0.25, 0.3) is 0 Å². The van der Waals surface area contributed by atoms with Gasteiger partial charge in [0, 0.05) is 12.8 Å². The fraction of sp³-hybridized carbons (Fsp3) is 0.731. The maximum Gasteiger partial charge on any atom is 0.472 e. The number of carbonyl (C=O) groups is 2. The summed E-state index contributed by atoms with van der Waals surface area (Å²) in [6.45, 7) is 6.84. The summed E-state index contributed by atoms with van der Waals surface area (Å²) < 4.78 is 30.7. The molecule has 0 fully saturated rings. The second-order valence-corrected chi connectivity index (χ2v) is 23.6. The minimum absolute atomic E-state index is 0.0290. The number of hydrogen-bond donors (Lipinski definition) is 2. The number of ether oxygens (including phenoxy) is 1. The molecule has 77 heavy (non-hydrogen) atoms.